The van der Waals surface area contributed by atoms with Crippen molar-refractivity contribution in [1.82, 2.24) is 10.6 Å². The molecule has 0 spiro atoms. The number of Topliss-reactive ketones (excluding diaryl/α,β-unsaturated/α-hetero) is 3. The Morgan fingerprint density at radius 1 is 0.828 bits per heavy atom. The fraction of sp³-hybridized carbons (Fsp3) is 0.640. The molecule has 14 heteroatoms. The van der Waals surface area contributed by atoms with Gasteiger partial charge in [0.25, 0.3) is 0 Å². The maximum absolute atomic E-state index is 13.8. The largest absolute Gasteiger partial charge is 0.481 e. The van der Waals surface area contributed by atoms with E-state index in [2.05, 4.69) is 62.6 Å². The third-order valence-corrected chi connectivity index (χ3v) is 14.5. The Morgan fingerprint density at radius 3 is 2.08 bits per heavy atom. The molecule has 4 fully saturated rings. The van der Waals surface area contributed by atoms with Crippen LogP contribution < -0.4 is 16.4 Å². The Morgan fingerprint density at radius 2 is 1.48 bits per heavy atom. The zero-order valence-electron chi connectivity index (χ0n) is 39.0. The van der Waals surface area contributed by atoms with E-state index in [1.807, 2.05) is 19.1 Å². The molecule has 2 aromatic rings. The number of aliphatic hydroxyl groups is 1. The molecule has 2 aromatic carbocycles. The van der Waals surface area contributed by atoms with Gasteiger partial charge in [-0.15, -0.1) is 0 Å². The van der Waals surface area contributed by atoms with E-state index in [9.17, 15) is 39.0 Å². The van der Waals surface area contributed by atoms with Crippen LogP contribution in [-0.2, 0) is 39.7 Å². The number of benzene rings is 2. The van der Waals surface area contributed by atoms with E-state index in [1.165, 1.54) is 19.4 Å². The first-order valence-corrected chi connectivity index (χ1v) is 23.6. The summed E-state index contributed by atoms with van der Waals surface area (Å²) in [5.41, 5.74) is 9.15. The fourth-order valence-corrected chi connectivity index (χ4v) is 10.2. The van der Waals surface area contributed by atoms with Gasteiger partial charge < -0.3 is 35.9 Å². The molecule has 0 aromatic heterocycles. The number of carboxylic acid groups (broad SMARTS) is 1. The molecule has 13 nitrogen and oxygen atoms in total. The van der Waals surface area contributed by atoms with E-state index in [0.29, 0.717) is 43.2 Å². The van der Waals surface area contributed by atoms with Gasteiger partial charge in [0.1, 0.15) is 6.04 Å². The summed E-state index contributed by atoms with van der Waals surface area (Å²) in [4.78, 5) is 79.9. The molecule has 4 aliphatic rings. The highest BCUT2D eigenvalue weighted by atomic mass is 16.7. The maximum Gasteiger partial charge on any atom is 0.461 e. The first kappa shape index (κ1) is 50.8. The molecule has 1 aliphatic heterocycles. The highest BCUT2D eigenvalue weighted by Crippen LogP contribution is 2.66. The SMILES string of the molecule is CCCCc1ccc(-c2ccc(C(=O)C[C@@H](CCCCN)C(=O)N[C@H](C(=O)C[C@@H](C)C(=O)N[C@@H](CCC(=O)O)C(=O)C[C@@H](C)B3OC4C[C@@H]5C[C@@H](C5(C)C)[C@]4(C)O3)[C@@H](C)O)cc2)cc1. The lowest BCUT2D eigenvalue weighted by Gasteiger charge is -2.64. The quantitative estimate of drug-likeness (QED) is 0.0373. The molecule has 10 atom stereocenters. The van der Waals surface area contributed by atoms with Crippen molar-refractivity contribution >= 4 is 42.3 Å². The number of hydrogen-bond acceptors (Lipinski definition) is 10. The van der Waals surface area contributed by atoms with Gasteiger partial charge in [-0.1, -0.05) is 96.0 Å². The Labute approximate surface area is 379 Å². The topological polar surface area (TPSA) is 211 Å². The van der Waals surface area contributed by atoms with Crippen LogP contribution in [0.1, 0.15) is 141 Å². The average molecular weight is 886 g/mol. The first-order chi connectivity index (χ1) is 30.3. The number of carbonyl (C=O) groups is 6. The van der Waals surface area contributed by atoms with Crippen molar-refractivity contribution in [3.8, 4) is 11.1 Å². The van der Waals surface area contributed by atoms with Crippen LogP contribution in [-0.4, -0.2) is 88.9 Å². The molecule has 6 N–H and O–H groups in total. The number of carboxylic acids is 1. The Bertz CT molecular complexity index is 1950. The molecule has 2 amide bonds. The van der Waals surface area contributed by atoms with Crippen molar-refractivity contribution in [3.05, 3.63) is 59.7 Å². The molecule has 2 bridgehead atoms. The molecule has 1 saturated heterocycles. The van der Waals surface area contributed by atoms with E-state index in [0.717, 1.165) is 43.2 Å². The standard InChI is InChI=1S/C50H72BN3O10/c1-8-9-12-33-14-16-34(17-15-33)35-18-20-36(21-19-35)40(56)27-37(13-10-11-24-52)48(62)54-46(32(4)55)42(58)25-30(2)47(61)53-39(22-23-45(59)60)41(57)26-31(3)51-63-44-29-38-28-43(49(38,5)6)50(44,7)64-51/h14-21,30-32,37-39,43-44,46,55H,8-13,22-29,52H2,1-7H3,(H,53,61)(H,54,62)(H,59,60)/t30-,31-,32-,37-,38+,39+,43+,44?,46+,50+/m1/s1. The van der Waals surface area contributed by atoms with Crippen molar-refractivity contribution < 1.29 is 48.3 Å². The second-order valence-electron chi connectivity index (χ2n) is 19.8. The maximum atomic E-state index is 13.8. The Hall–Kier alpha value is -4.24. The number of amides is 2. The zero-order valence-corrected chi connectivity index (χ0v) is 39.0. The number of aliphatic carboxylic acids is 1. The van der Waals surface area contributed by atoms with Crippen molar-refractivity contribution in [2.24, 2.45) is 34.8 Å². The fourth-order valence-electron chi connectivity index (χ4n) is 10.2. The average Bonchev–Trinajstić information content (AvgIpc) is 3.63. The minimum Gasteiger partial charge on any atom is -0.481 e. The van der Waals surface area contributed by atoms with Gasteiger partial charge in [-0.2, -0.15) is 0 Å². The number of rotatable bonds is 26. The van der Waals surface area contributed by atoms with Gasteiger partial charge in [0.2, 0.25) is 11.8 Å². The van der Waals surface area contributed by atoms with Crippen LogP contribution >= 0.6 is 0 Å². The Kier molecular flexibility index (Phi) is 17.7. The summed E-state index contributed by atoms with van der Waals surface area (Å²) < 4.78 is 12.9. The molecule has 1 heterocycles. The van der Waals surface area contributed by atoms with Gasteiger partial charge in [-0.05, 0) is 105 Å². The highest BCUT2D eigenvalue weighted by molar-refractivity contribution is 6.47. The minimum atomic E-state index is -1.37. The molecule has 0 radical (unpaired) electrons. The predicted octanol–water partition coefficient (Wildman–Crippen LogP) is 6.90. The van der Waals surface area contributed by atoms with Gasteiger partial charge in [0, 0.05) is 43.1 Å². The van der Waals surface area contributed by atoms with Crippen LogP contribution in [0.5, 0.6) is 0 Å². The number of hydrogen-bond donors (Lipinski definition) is 5. The number of carbonyl (C=O) groups excluding carboxylic acids is 5. The molecular formula is C50H72BN3O10. The summed E-state index contributed by atoms with van der Waals surface area (Å²) in [6, 6.07) is 13.1. The molecular weight excluding hydrogens is 813 g/mol. The van der Waals surface area contributed by atoms with Gasteiger partial charge in [-0.25, -0.2) is 0 Å². The van der Waals surface area contributed by atoms with Gasteiger partial charge in [0.15, 0.2) is 17.3 Å². The van der Waals surface area contributed by atoms with E-state index in [1.54, 1.807) is 12.1 Å². The van der Waals surface area contributed by atoms with Crippen molar-refractivity contribution in [2.45, 2.75) is 168 Å². The monoisotopic (exact) mass is 886 g/mol. The van der Waals surface area contributed by atoms with E-state index >= 15 is 0 Å². The van der Waals surface area contributed by atoms with E-state index < -0.39 is 66.3 Å². The minimum absolute atomic E-state index is 0.0210. The summed E-state index contributed by atoms with van der Waals surface area (Å²) in [5.74, 6) is -4.83. The normalized spacial score (nSPS) is 23.6. The van der Waals surface area contributed by atoms with Crippen molar-refractivity contribution in [1.29, 1.82) is 0 Å². The number of ketones is 3. The Balaban J connectivity index is 1.17. The molecule has 6 rings (SSSR count). The lowest BCUT2D eigenvalue weighted by molar-refractivity contribution is -0.199. The summed E-state index contributed by atoms with van der Waals surface area (Å²) >= 11 is 0. The van der Waals surface area contributed by atoms with Gasteiger partial charge in [-0.3, -0.25) is 28.8 Å². The van der Waals surface area contributed by atoms with Crippen LogP contribution in [0.3, 0.4) is 0 Å². The number of nitrogens with one attached hydrogen (secondary N) is 2. The smallest absolute Gasteiger partial charge is 0.461 e. The van der Waals surface area contributed by atoms with Crippen molar-refractivity contribution in [2.75, 3.05) is 6.54 Å². The summed E-state index contributed by atoms with van der Waals surface area (Å²) in [6.07, 6.45) is 4.37. The number of unbranched alkanes of at least 4 members (excludes halogenated alkanes) is 2. The van der Waals surface area contributed by atoms with Crippen LogP contribution in [0, 0.1) is 29.1 Å². The molecule has 3 saturated carbocycles. The predicted molar refractivity (Wildman–Crippen MR) is 246 cm³/mol. The lowest BCUT2D eigenvalue weighted by Crippen LogP contribution is -2.65. The summed E-state index contributed by atoms with van der Waals surface area (Å²) in [5, 5.41) is 25.5. The molecule has 3 aliphatic carbocycles. The summed E-state index contributed by atoms with van der Waals surface area (Å²) in [6.45, 7) is 13.9. The second kappa shape index (κ2) is 22.3. The van der Waals surface area contributed by atoms with E-state index in [4.69, 9.17) is 15.0 Å². The third-order valence-electron chi connectivity index (χ3n) is 14.5. The zero-order chi connectivity index (χ0) is 46.9. The summed E-state index contributed by atoms with van der Waals surface area (Å²) in [7, 11) is -0.622. The first-order valence-electron chi connectivity index (χ1n) is 23.6. The van der Waals surface area contributed by atoms with Gasteiger partial charge >= 0.3 is 13.1 Å². The molecule has 64 heavy (non-hydrogen) atoms. The van der Waals surface area contributed by atoms with Crippen molar-refractivity contribution in [3.63, 3.8) is 0 Å². The second-order valence-corrected chi connectivity index (χ2v) is 19.8. The van der Waals surface area contributed by atoms with Crippen LogP contribution in [0.2, 0.25) is 5.82 Å². The van der Waals surface area contributed by atoms with Crippen LogP contribution in [0.25, 0.3) is 11.1 Å². The number of aliphatic hydroxyl groups excluding tert-OH is 1. The third kappa shape index (κ3) is 12.4. The molecule has 1 unspecified atom stereocenters. The number of nitrogens with two attached hydrogens (primary N) is 1. The lowest BCUT2D eigenvalue weighted by atomic mass is 9.43. The van der Waals surface area contributed by atoms with Gasteiger partial charge in [0.05, 0.1) is 23.9 Å². The highest BCUT2D eigenvalue weighted by Gasteiger charge is 2.68. The molecule has 350 valence electrons. The number of aryl methyl sites for hydroxylation is 1. The van der Waals surface area contributed by atoms with E-state index in [-0.39, 0.29) is 61.0 Å². The van der Waals surface area contributed by atoms with Crippen LogP contribution in [0.15, 0.2) is 48.5 Å². The van der Waals surface area contributed by atoms with Crippen LogP contribution in [0.4, 0.5) is 0 Å².